The number of rotatable bonds is 2. The maximum absolute atomic E-state index is 11.9. The molecule has 3 heterocycles. The Balaban J connectivity index is 1.65. The summed E-state index contributed by atoms with van der Waals surface area (Å²) in [5.74, 6) is 0. The molecule has 0 aliphatic carbocycles. The smallest absolute Gasteiger partial charge is 0.308 e. The molecule has 0 saturated heterocycles. The van der Waals surface area contributed by atoms with Crippen molar-refractivity contribution in [3.05, 3.63) is 35.1 Å². The monoisotopic (exact) mass is 289 g/mol. The highest BCUT2D eigenvalue weighted by Gasteiger charge is 2.19. The van der Waals surface area contributed by atoms with Gasteiger partial charge in [-0.3, -0.25) is 10.3 Å². The molecule has 0 fully saturated rings. The van der Waals surface area contributed by atoms with Crippen LogP contribution in [0.15, 0.2) is 24.5 Å². The molecule has 0 atom stereocenters. The van der Waals surface area contributed by atoms with Gasteiger partial charge in [0.1, 0.15) is 0 Å². The Morgan fingerprint density at radius 1 is 1.35 bits per heavy atom. The number of pyridine rings is 1. The normalized spacial score (nSPS) is 14.7. The topological polar surface area (TPSA) is 70.2 Å². The number of urea groups is 1. The van der Waals surface area contributed by atoms with Crippen LogP contribution in [0.5, 0.6) is 0 Å². The second-order valence-electron chi connectivity index (χ2n) is 4.69. The lowest BCUT2D eigenvalue weighted by Gasteiger charge is -2.20. The molecule has 0 radical (unpaired) electrons. The molecule has 0 unspecified atom stereocenters. The fourth-order valence-electron chi connectivity index (χ4n) is 2.07. The Morgan fingerprint density at radius 2 is 2.15 bits per heavy atom. The van der Waals surface area contributed by atoms with Crippen LogP contribution in [0.2, 0.25) is 0 Å². The highest BCUT2D eigenvalue weighted by atomic mass is 32.1. The number of amides is 2. The number of thiazole rings is 1. The highest BCUT2D eigenvalue weighted by Crippen LogP contribution is 2.27. The van der Waals surface area contributed by atoms with Crippen LogP contribution >= 0.6 is 11.3 Å². The number of anilines is 2. The molecule has 0 bridgehead atoms. The van der Waals surface area contributed by atoms with Crippen molar-refractivity contribution in [2.75, 3.05) is 24.2 Å². The summed E-state index contributed by atoms with van der Waals surface area (Å²) < 4.78 is 0. The quantitative estimate of drug-likeness (QED) is 0.889. The van der Waals surface area contributed by atoms with Gasteiger partial charge in [0, 0.05) is 42.5 Å². The van der Waals surface area contributed by atoms with E-state index in [9.17, 15) is 4.79 Å². The molecule has 2 amide bonds. The fourth-order valence-corrected chi connectivity index (χ4v) is 3.15. The number of aromatic nitrogens is 2. The summed E-state index contributed by atoms with van der Waals surface area (Å²) in [4.78, 5) is 23.7. The zero-order chi connectivity index (χ0) is 13.9. The summed E-state index contributed by atoms with van der Waals surface area (Å²) in [6.45, 7) is 1.92. The first-order chi connectivity index (χ1) is 9.70. The van der Waals surface area contributed by atoms with Crippen molar-refractivity contribution >= 4 is 28.2 Å². The number of hydrogen-bond donors (Lipinski definition) is 2. The van der Waals surface area contributed by atoms with Crippen molar-refractivity contribution in [2.24, 2.45) is 0 Å². The van der Waals surface area contributed by atoms with Crippen LogP contribution in [0, 0.1) is 0 Å². The largest absolute Gasteiger partial charge is 0.325 e. The van der Waals surface area contributed by atoms with Crippen LogP contribution in [0.25, 0.3) is 0 Å². The molecule has 7 heteroatoms. The van der Waals surface area contributed by atoms with Crippen LogP contribution in [-0.4, -0.2) is 34.5 Å². The summed E-state index contributed by atoms with van der Waals surface area (Å²) >= 11 is 1.54. The molecule has 0 saturated carbocycles. The average molecular weight is 289 g/mol. The summed E-state index contributed by atoms with van der Waals surface area (Å²) in [7, 11) is 2.09. The molecule has 0 aromatic carbocycles. The van der Waals surface area contributed by atoms with Gasteiger partial charge in [0.15, 0.2) is 5.13 Å². The summed E-state index contributed by atoms with van der Waals surface area (Å²) in [5, 5.41) is 6.18. The first-order valence-electron chi connectivity index (χ1n) is 6.36. The Morgan fingerprint density at radius 3 is 2.95 bits per heavy atom. The fraction of sp³-hybridized carbons (Fsp3) is 0.308. The van der Waals surface area contributed by atoms with Crippen molar-refractivity contribution in [3.63, 3.8) is 0 Å². The summed E-state index contributed by atoms with van der Waals surface area (Å²) in [5.41, 5.74) is 1.81. The van der Waals surface area contributed by atoms with Gasteiger partial charge in [0.05, 0.1) is 5.69 Å². The van der Waals surface area contributed by atoms with Gasteiger partial charge in [-0.15, -0.1) is 11.3 Å². The van der Waals surface area contributed by atoms with Gasteiger partial charge in [-0.25, -0.2) is 9.78 Å². The lowest BCUT2D eigenvalue weighted by atomic mass is 10.2. The highest BCUT2D eigenvalue weighted by molar-refractivity contribution is 7.15. The van der Waals surface area contributed by atoms with E-state index < -0.39 is 0 Å². The van der Waals surface area contributed by atoms with Crippen molar-refractivity contribution < 1.29 is 4.79 Å². The summed E-state index contributed by atoms with van der Waals surface area (Å²) in [6, 6.07) is 3.19. The van der Waals surface area contributed by atoms with Gasteiger partial charge in [-0.1, -0.05) is 0 Å². The zero-order valence-electron chi connectivity index (χ0n) is 11.1. The van der Waals surface area contributed by atoms with Crippen molar-refractivity contribution in [1.29, 1.82) is 0 Å². The molecule has 1 aliphatic rings. The van der Waals surface area contributed by atoms with Crippen LogP contribution < -0.4 is 10.6 Å². The van der Waals surface area contributed by atoms with E-state index in [1.54, 1.807) is 35.9 Å². The third kappa shape index (κ3) is 2.94. The van der Waals surface area contributed by atoms with Gasteiger partial charge in [-0.2, -0.15) is 0 Å². The zero-order valence-corrected chi connectivity index (χ0v) is 11.9. The summed E-state index contributed by atoms with van der Waals surface area (Å²) in [6.07, 6.45) is 4.21. The predicted molar refractivity (Wildman–Crippen MR) is 79.0 cm³/mol. The lowest BCUT2D eigenvalue weighted by Crippen LogP contribution is -2.25. The van der Waals surface area contributed by atoms with Gasteiger partial charge < -0.3 is 10.2 Å². The van der Waals surface area contributed by atoms with E-state index in [4.69, 9.17) is 0 Å². The molecule has 20 heavy (non-hydrogen) atoms. The number of carbonyl (C=O) groups is 1. The number of nitrogens with zero attached hydrogens (tertiary/aromatic N) is 3. The predicted octanol–water partition coefficient (Wildman–Crippen LogP) is 2.17. The van der Waals surface area contributed by atoms with E-state index >= 15 is 0 Å². The molecule has 2 aromatic heterocycles. The Labute approximate surface area is 120 Å². The standard InChI is InChI=1S/C13H15N5OS/c1-18-7-4-10-11(8-18)20-13(16-10)17-12(19)15-9-2-5-14-6-3-9/h2-3,5-6H,4,7-8H2,1H3,(H2,14,15,16,17,19). The van der Waals surface area contributed by atoms with Crippen LogP contribution in [0.3, 0.4) is 0 Å². The molecular weight excluding hydrogens is 274 g/mol. The van der Waals surface area contributed by atoms with Crippen LogP contribution in [0.1, 0.15) is 10.6 Å². The van der Waals surface area contributed by atoms with Gasteiger partial charge >= 0.3 is 6.03 Å². The van der Waals surface area contributed by atoms with Gasteiger partial charge in [0.2, 0.25) is 0 Å². The Hall–Kier alpha value is -1.99. The van der Waals surface area contributed by atoms with Gasteiger partial charge in [0.25, 0.3) is 0 Å². The van der Waals surface area contributed by atoms with E-state index in [1.165, 1.54) is 4.88 Å². The van der Waals surface area contributed by atoms with Crippen LogP contribution in [0.4, 0.5) is 15.6 Å². The molecule has 0 spiro atoms. The van der Waals surface area contributed by atoms with Crippen molar-refractivity contribution in [3.8, 4) is 0 Å². The van der Waals surface area contributed by atoms with E-state index in [2.05, 4.69) is 32.5 Å². The van der Waals surface area contributed by atoms with Crippen LogP contribution in [-0.2, 0) is 13.0 Å². The van der Waals surface area contributed by atoms with Crippen molar-refractivity contribution in [2.45, 2.75) is 13.0 Å². The maximum atomic E-state index is 11.9. The number of hydrogen-bond acceptors (Lipinski definition) is 5. The second kappa shape index (κ2) is 5.56. The molecular formula is C13H15N5OS. The van der Waals surface area contributed by atoms with Crippen molar-refractivity contribution in [1.82, 2.24) is 14.9 Å². The lowest BCUT2D eigenvalue weighted by molar-refractivity contribution is 0.262. The third-order valence-electron chi connectivity index (χ3n) is 3.08. The van der Waals surface area contributed by atoms with E-state index in [0.29, 0.717) is 10.8 Å². The molecule has 2 aromatic rings. The minimum atomic E-state index is -0.282. The minimum absolute atomic E-state index is 0.282. The number of likely N-dealkylation sites (N-methyl/N-ethyl adjacent to an activating group) is 1. The van der Waals surface area contributed by atoms with E-state index in [0.717, 1.165) is 25.2 Å². The van der Waals surface area contributed by atoms with E-state index in [-0.39, 0.29) is 6.03 Å². The molecule has 6 nitrogen and oxygen atoms in total. The number of carbonyl (C=O) groups excluding carboxylic acids is 1. The third-order valence-corrected chi connectivity index (χ3v) is 4.08. The molecule has 1 aliphatic heterocycles. The molecule has 104 valence electrons. The minimum Gasteiger partial charge on any atom is -0.308 e. The molecule has 2 N–H and O–H groups in total. The van der Waals surface area contributed by atoms with Gasteiger partial charge in [-0.05, 0) is 19.2 Å². The first kappa shape index (κ1) is 13.0. The average Bonchev–Trinajstić information content (AvgIpc) is 2.80. The SMILES string of the molecule is CN1CCc2nc(NC(=O)Nc3ccncc3)sc2C1. The first-order valence-corrected chi connectivity index (χ1v) is 7.17. The second-order valence-corrected chi connectivity index (χ2v) is 5.78. The van der Waals surface area contributed by atoms with E-state index in [1.807, 2.05) is 0 Å². The maximum Gasteiger partial charge on any atom is 0.325 e. The number of fused-ring (bicyclic) bond motifs is 1. The Bertz CT molecular complexity index is 612. The Kier molecular flexibility index (Phi) is 3.62. The molecule has 3 rings (SSSR count). The number of nitrogens with one attached hydrogen (secondary N) is 2.